The van der Waals surface area contributed by atoms with E-state index in [0.29, 0.717) is 19.4 Å². The van der Waals surface area contributed by atoms with E-state index in [-0.39, 0.29) is 11.9 Å². The highest BCUT2D eigenvalue weighted by molar-refractivity contribution is 5.86. The Morgan fingerprint density at radius 2 is 1.86 bits per heavy atom. The Kier molecular flexibility index (Phi) is 5.36. The summed E-state index contributed by atoms with van der Waals surface area (Å²) in [4.78, 5) is 22.5. The van der Waals surface area contributed by atoms with Crippen LogP contribution in [0.1, 0.15) is 31.4 Å². The van der Waals surface area contributed by atoms with Crippen LogP contribution in [0.15, 0.2) is 42.5 Å². The minimum Gasteiger partial charge on any atom is -0.352 e. The summed E-state index contributed by atoms with van der Waals surface area (Å²) in [6, 6.07) is 13.6. The van der Waals surface area contributed by atoms with Crippen molar-refractivity contribution in [2.45, 2.75) is 25.8 Å². The van der Waals surface area contributed by atoms with Crippen molar-refractivity contribution in [2.24, 2.45) is 5.73 Å². The lowest BCUT2D eigenvalue weighted by Crippen LogP contribution is -2.31. The van der Waals surface area contributed by atoms with Gasteiger partial charge in [0.25, 0.3) is 0 Å². The van der Waals surface area contributed by atoms with E-state index in [2.05, 4.69) is 28.8 Å². The predicted octanol–water partition coefficient (Wildman–Crippen LogP) is 2.47. The molecule has 0 aliphatic carbocycles. The molecule has 2 aromatic rings. The normalized spacial score (nSPS) is 11.9. The molecule has 5 heteroatoms. The van der Waals surface area contributed by atoms with E-state index >= 15 is 0 Å². The lowest BCUT2D eigenvalue weighted by molar-refractivity contribution is -0.121. The fraction of sp³-hybridized carbons (Fsp3) is 0.294. The molecule has 0 saturated carbocycles. The van der Waals surface area contributed by atoms with E-state index in [4.69, 9.17) is 5.73 Å². The van der Waals surface area contributed by atoms with Crippen LogP contribution < -0.4 is 16.4 Å². The van der Waals surface area contributed by atoms with Crippen LogP contribution in [0.2, 0.25) is 0 Å². The monoisotopic (exact) mass is 299 g/mol. The number of hydrogen-bond acceptors (Lipinski definition) is 2. The van der Waals surface area contributed by atoms with E-state index in [1.165, 1.54) is 0 Å². The van der Waals surface area contributed by atoms with Gasteiger partial charge in [0.15, 0.2) is 0 Å². The maximum Gasteiger partial charge on any atom is 0.312 e. The molecule has 3 amide bonds. The van der Waals surface area contributed by atoms with Gasteiger partial charge in [-0.1, -0.05) is 42.5 Å². The molecule has 0 aromatic heterocycles. The number of amides is 3. The number of benzene rings is 2. The maximum atomic E-state index is 12.0. The number of rotatable bonds is 6. The van der Waals surface area contributed by atoms with Gasteiger partial charge in [0, 0.05) is 13.0 Å². The first-order valence-electron chi connectivity index (χ1n) is 7.38. The topological polar surface area (TPSA) is 84.2 Å². The van der Waals surface area contributed by atoms with Gasteiger partial charge in [-0.25, -0.2) is 4.79 Å². The highest BCUT2D eigenvalue weighted by Gasteiger charge is 2.11. The minimum absolute atomic E-state index is 0.0355. The number of carbonyl (C=O) groups is 2. The van der Waals surface area contributed by atoms with Crippen LogP contribution in [-0.2, 0) is 4.79 Å². The molecule has 4 N–H and O–H groups in total. The molecule has 0 aliphatic heterocycles. The van der Waals surface area contributed by atoms with Gasteiger partial charge >= 0.3 is 6.03 Å². The molecule has 1 atom stereocenters. The molecule has 1 unspecified atom stereocenters. The third kappa shape index (κ3) is 4.22. The number of nitrogens with two attached hydrogens (primary N) is 1. The van der Waals surface area contributed by atoms with Crippen molar-refractivity contribution in [1.29, 1.82) is 0 Å². The molecule has 0 spiro atoms. The van der Waals surface area contributed by atoms with Crippen molar-refractivity contribution in [2.75, 3.05) is 6.54 Å². The van der Waals surface area contributed by atoms with Crippen molar-refractivity contribution in [3.63, 3.8) is 0 Å². The Morgan fingerprint density at radius 1 is 1.14 bits per heavy atom. The standard InChI is InChI=1S/C17H21N3O2/c1-12(20-16(21)10-5-11-19-17(18)22)14-9-4-7-13-6-2-3-8-15(13)14/h2-4,6-9,12H,5,10-11H2,1H3,(H,20,21)(H3,18,19,22). The molecule has 5 nitrogen and oxygen atoms in total. The molecule has 2 rings (SSSR count). The zero-order valence-corrected chi connectivity index (χ0v) is 12.6. The van der Waals surface area contributed by atoms with E-state index < -0.39 is 6.03 Å². The first-order valence-corrected chi connectivity index (χ1v) is 7.38. The second-order valence-corrected chi connectivity index (χ2v) is 5.25. The van der Waals surface area contributed by atoms with Crippen LogP contribution in [-0.4, -0.2) is 18.5 Å². The summed E-state index contributed by atoms with van der Waals surface area (Å²) >= 11 is 0. The van der Waals surface area contributed by atoms with Crippen LogP contribution in [0, 0.1) is 0 Å². The molecule has 2 aromatic carbocycles. The summed E-state index contributed by atoms with van der Waals surface area (Å²) in [6.07, 6.45) is 0.923. The summed E-state index contributed by atoms with van der Waals surface area (Å²) in [6.45, 7) is 2.38. The highest BCUT2D eigenvalue weighted by atomic mass is 16.2. The average molecular weight is 299 g/mol. The lowest BCUT2D eigenvalue weighted by Gasteiger charge is -2.16. The van der Waals surface area contributed by atoms with Crippen LogP contribution in [0.4, 0.5) is 4.79 Å². The third-order valence-corrected chi connectivity index (χ3v) is 3.55. The van der Waals surface area contributed by atoms with Gasteiger partial charge in [0.1, 0.15) is 0 Å². The van der Waals surface area contributed by atoms with Crippen LogP contribution in [0.5, 0.6) is 0 Å². The zero-order chi connectivity index (χ0) is 15.9. The number of fused-ring (bicyclic) bond motifs is 1. The van der Waals surface area contributed by atoms with Crippen LogP contribution in [0.3, 0.4) is 0 Å². The van der Waals surface area contributed by atoms with Crippen LogP contribution >= 0.6 is 0 Å². The number of urea groups is 1. The summed E-state index contributed by atoms with van der Waals surface area (Å²) in [5.74, 6) is -0.0355. The minimum atomic E-state index is -0.565. The van der Waals surface area contributed by atoms with Gasteiger partial charge < -0.3 is 16.4 Å². The van der Waals surface area contributed by atoms with Gasteiger partial charge in [-0.05, 0) is 29.7 Å². The van der Waals surface area contributed by atoms with E-state index in [9.17, 15) is 9.59 Å². The summed E-state index contributed by atoms with van der Waals surface area (Å²) in [5.41, 5.74) is 6.07. The van der Waals surface area contributed by atoms with E-state index in [0.717, 1.165) is 16.3 Å². The maximum absolute atomic E-state index is 12.0. The Labute approximate surface area is 129 Å². The van der Waals surface area contributed by atoms with E-state index in [1.54, 1.807) is 0 Å². The molecule has 0 aliphatic rings. The fourth-order valence-corrected chi connectivity index (χ4v) is 2.48. The van der Waals surface area contributed by atoms with Crippen molar-refractivity contribution < 1.29 is 9.59 Å². The van der Waals surface area contributed by atoms with Crippen molar-refractivity contribution in [3.05, 3.63) is 48.0 Å². The van der Waals surface area contributed by atoms with Crippen molar-refractivity contribution in [3.8, 4) is 0 Å². The Bertz CT molecular complexity index is 665. The van der Waals surface area contributed by atoms with E-state index in [1.807, 2.05) is 31.2 Å². The van der Waals surface area contributed by atoms with Gasteiger partial charge in [0.05, 0.1) is 6.04 Å². The first-order chi connectivity index (χ1) is 10.6. The smallest absolute Gasteiger partial charge is 0.312 e. The molecular weight excluding hydrogens is 278 g/mol. The number of carbonyl (C=O) groups excluding carboxylic acids is 2. The SMILES string of the molecule is CC(NC(=O)CCCNC(N)=O)c1cccc2ccccc12. The molecule has 116 valence electrons. The predicted molar refractivity (Wildman–Crippen MR) is 87.3 cm³/mol. The third-order valence-electron chi connectivity index (χ3n) is 3.55. The quantitative estimate of drug-likeness (QED) is 0.716. The van der Waals surface area contributed by atoms with Gasteiger partial charge in [0.2, 0.25) is 5.91 Å². The zero-order valence-electron chi connectivity index (χ0n) is 12.6. The molecule has 22 heavy (non-hydrogen) atoms. The van der Waals surface area contributed by atoms with Crippen molar-refractivity contribution in [1.82, 2.24) is 10.6 Å². The first kappa shape index (κ1) is 15.8. The Hall–Kier alpha value is -2.56. The second kappa shape index (κ2) is 7.45. The molecule has 0 heterocycles. The summed E-state index contributed by atoms with van der Waals surface area (Å²) in [5, 5.41) is 7.77. The second-order valence-electron chi connectivity index (χ2n) is 5.25. The molecule has 0 saturated heterocycles. The number of nitrogens with one attached hydrogen (secondary N) is 2. The average Bonchev–Trinajstić information content (AvgIpc) is 2.50. The van der Waals surface area contributed by atoms with Gasteiger partial charge in [-0.15, -0.1) is 0 Å². The fourth-order valence-electron chi connectivity index (χ4n) is 2.48. The van der Waals surface area contributed by atoms with Crippen LogP contribution in [0.25, 0.3) is 10.8 Å². The molecule has 0 fully saturated rings. The summed E-state index contributed by atoms with van der Waals surface area (Å²) < 4.78 is 0. The highest BCUT2D eigenvalue weighted by Crippen LogP contribution is 2.24. The lowest BCUT2D eigenvalue weighted by atomic mass is 9.99. The van der Waals surface area contributed by atoms with Gasteiger partial charge in [-0.2, -0.15) is 0 Å². The Balaban J connectivity index is 1.95. The molecule has 0 radical (unpaired) electrons. The largest absolute Gasteiger partial charge is 0.352 e. The number of hydrogen-bond donors (Lipinski definition) is 3. The number of primary amides is 1. The molecular formula is C17H21N3O2. The van der Waals surface area contributed by atoms with Gasteiger partial charge in [-0.3, -0.25) is 4.79 Å². The Morgan fingerprint density at radius 3 is 2.64 bits per heavy atom. The summed E-state index contributed by atoms with van der Waals surface area (Å²) in [7, 11) is 0. The van der Waals surface area contributed by atoms with Crippen molar-refractivity contribution >= 4 is 22.7 Å². The molecule has 0 bridgehead atoms.